The first kappa shape index (κ1) is 15.9. The molecule has 21 heavy (non-hydrogen) atoms. The molecule has 0 aromatic heterocycles. The van der Waals surface area contributed by atoms with Gasteiger partial charge in [-0.3, -0.25) is 4.79 Å². The Morgan fingerprint density at radius 1 is 1.14 bits per heavy atom. The minimum atomic E-state index is -0.322. The molecular weight excluding hydrogens is 333 g/mol. The number of rotatable bonds is 6. The van der Waals surface area contributed by atoms with Crippen LogP contribution in [0.25, 0.3) is 0 Å². The summed E-state index contributed by atoms with van der Waals surface area (Å²) in [6, 6.07) is 13.7. The Kier molecular flexibility index (Phi) is 5.65. The van der Waals surface area contributed by atoms with Crippen molar-refractivity contribution in [2.75, 3.05) is 13.6 Å². The summed E-state index contributed by atoms with van der Waals surface area (Å²) in [6.45, 7) is 1.44. The zero-order chi connectivity index (χ0) is 15.2. The smallest absolute Gasteiger partial charge is 0.164 e. The lowest BCUT2D eigenvalue weighted by Gasteiger charge is -2.17. The topological polar surface area (TPSA) is 20.3 Å². The van der Waals surface area contributed by atoms with Crippen LogP contribution in [0.4, 0.5) is 4.39 Å². The van der Waals surface area contributed by atoms with E-state index in [1.54, 1.807) is 0 Å². The Hall–Kier alpha value is -1.52. The van der Waals surface area contributed by atoms with Crippen LogP contribution in [0.5, 0.6) is 0 Å². The zero-order valence-corrected chi connectivity index (χ0v) is 13.4. The van der Waals surface area contributed by atoms with Gasteiger partial charge in [-0.15, -0.1) is 0 Å². The highest BCUT2D eigenvalue weighted by molar-refractivity contribution is 9.10. The molecule has 110 valence electrons. The number of nitrogens with zero attached hydrogens (tertiary/aromatic N) is 1. The van der Waals surface area contributed by atoms with Crippen LogP contribution in [-0.4, -0.2) is 24.3 Å². The van der Waals surface area contributed by atoms with Crippen molar-refractivity contribution in [1.29, 1.82) is 0 Å². The summed E-state index contributed by atoms with van der Waals surface area (Å²) >= 11 is 3.52. The van der Waals surface area contributed by atoms with Gasteiger partial charge in [0.05, 0.1) is 0 Å². The number of ketones is 1. The molecule has 0 saturated heterocycles. The summed E-state index contributed by atoms with van der Waals surface area (Å²) in [5.41, 5.74) is 1.75. The second kappa shape index (κ2) is 7.48. The van der Waals surface area contributed by atoms with Gasteiger partial charge in [0.25, 0.3) is 0 Å². The van der Waals surface area contributed by atoms with Crippen LogP contribution in [0.2, 0.25) is 0 Å². The Labute approximate surface area is 132 Å². The molecule has 0 aliphatic carbocycles. The monoisotopic (exact) mass is 349 g/mol. The third-order valence-electron chi connectivity index (χ3n) is 3.28. The molecule has 0 heterocycles. The van der Waals surface area contributed by atoms with Crippen molar-refractivity contribution in [2.45, 2.75) is 13.0 Å². The number of halogens is 2. The van der Waals surface area contributed by atoms with E-state index in [0.29, 0.717) is 18.5 Å². The van der Waals surface area contributed by atoms with Gasteiger partial charge in [-0.1, -0.05) is 34.1 Å². The predicted octanol–water partition coefficient (Wildman–Crippen LogP) is 4.29. The molecule has 2 nitrogen and oxygen atoms in total. The van der Waals surface area contributed by atoms with Crippen molar-refractivity contribution in [2.24, 2.45) is 0 Å². The van der Waals surface area contributed by atoms with Crippen LogP contribution in [0.15, 0.2) is 53.0 Å². The third-order valence-corrected chi connectivity index (χ3v) is 4.06. The van der Waals surface area contributed by atoms with Crippen LogP contribution < -0.4 is 0 Å². The van der Waals surface area contributed by atoms with Crippen LogP contribution in [-0.2, 0) is 6.54 Å². The number of benzene rings is 2. The molecule has 0 bridgehead atoms. The summed E-state index contributed by atoms with van der Waals surface area (Å²) in [7, 11) is 1.98. The molecular formula is C17H17BrFNO. The maximum Gasteiger partial charge on any atom is 0.164 e. The molecule has 2 aromatic carbocycles. The van der Waals surface area contributed by atoms with E-state index in [-0.39, 0.29) is 11.6 Å². The first-order chi connectivity index (χ1) is 10.1. The van der Waals surface area contributed by atoms with Gasteiger partial charge in [0, 0.05) is 29.5 Å². The highest BCUT2D eigenvalue weighted by Crippen LogP contribution is 2.17. The number of hydrogen-bond acceptors (Lipinski definition) is 2. The SMILES string of the molecule is CN(CCC(=O)c1ccc(F)cc1)Cc1ccccc1Br. The van der Waals surface area contributed by atoms with Gasteiger partial charge < -0.3 is 4.90 Å². The van der Waals surface area contributed by atoms with Gasteiger partial charge in [-0.25, -0.2) is 4.39 Å². The minimum Gasteiger partial charge on any atom is -0.302 e. The van der Waals surface area contributed by atoms with Gasteiger partial charge in [0.2, 0.25) is 0 Å². The fourth-order valence-electron chi connectivity index (χ4n) is 2.07. The molecule has 0 aliphatic rings. The van der Waals surface area contributed by atoms with E-state index in [4.69, 9.17) is 0 Å². The van der Waals surface area contributed by atoms with Gasteiger partial charge in [-0.2, -0.15) is 0 Å². The van der Waals surface area contributed by atoms with Crippen molar-refractivity contribution < 1.29 is 9.18 Å². The molecule has 0 amide bonds. The van der Waals surface area contributed by atoms with Crippen LogP contribution >= 0.6 is 15.9 Å². The maximum absolute atomic E-state index is 12.8. The van der Waals surface area contributed by atoms with Gasteiger partial charge >= 0.3 is 0 Å². The highest BCUT2D eigenvalue weighted by atomic mass is 79.9. The van der Waals surface area contributed by atoms with Crippen LogP contribution in [0.3, 0.4) is 0 Å². The zero-order valence-electron chi connectivity index (χ0n) is 11.9. The lowest BCUT2D eigenvalue weighted by Crippen LogP contribution is -2.21. The van der Waals surface area contributed by atoms with Gasteiger partial charge in [0.15, 0.2) is 5.78 Å². The minimum absolute atomic E-state index is 0.0361. The summed E-state index contributed by atoms with van der Waals surface area (Å²) in [5.74, 6) is -0.286. The van der Waals surface area contributed by atoms with E-state index < -0.39 is 0 Å². The summed E-state index contributed by atoms with van der Waals surface area (Å²) in [6.07, 6.45) is 0.423. The first-order valence-electron chi connectivity index (χ1n) is 6.77. The maximum atomic E-state index is 12.8. The number of carbonyl (C=O) groups excluding carboxylic acids is 1. The first-order valence-corrected chi connectivity index (χ1v) is 7.56. The lowest BCUT2D eigenvalue weighted by molar-refractivity contribution is 0.0968. The second-order valence-electron chi connectivity index (χ2n) is 5.01. The highest BCUT2D eigenvalue weighted by Gasteiger charge is 2.09. The quantitative estimate of drug-likeness (QED) is 0.725. The predicted molar refractivity (Wildman–Crippen MR) is 85.8 cm³/mol. The standard InChI is InChI=1S/C17H17BrFNO/c1-20(12-14-4-2-3-5-16(14)18)11-10-17(21)13-6-8-15(19)9-7-13/h2-9H,10-12H2,1H3. The van der Waals surface area contributed by atoms with E-state index in [2.05, 4.69) is 26.9 Å². The van der Waals surface area contributed by atoms with E-state index in [0.717, 1.165) is 11.0 Å². The average molecular weight is 350 g/mol. The average Bonchev–Trinajstić information content (AvgIpc) is 2.48. The molecule has 0 spiro atoms. The van der Waals surface area contributed by atoms with Crippen molar-refractivity contribution in [1.82, 2.24) is 4.90 Å². The van der Waals surface area contributed by atoms with E-state index in [1.165, 1.54) is 29.8 Å². The Balaban J connectivity index is 1.86. The van der Waals surface area contributed by atoms with E-state index >= 15 is 0 Å². The molecule has 0 N–H and O–H groups in total. The van der Waals surface area contributed by atoms with Crippen molar-refractivity contribution in [3.8, 4) is 0 Å². The van der Waals surface area contributed by atoms with E-state index in [9.17, 15) is 9.18 Å². The van der Waals surface area contributed by atoms with Crippen molar-refractivity contribution >= 4 is 21.7 Å². The fourth-order valence-corrected chi connectivity index (χ4v) is 2.48. The van der Waals surface area contributed by atoms with Crippen molar-refractivity contribution in [3.05, 3.63) is 69.9 Å². The molecule has 0 fully saturated rings. The number of hydrogen-bond donors (Lipinski definition) is 0. The third kappa shape index (κ3) is 4.76. The van der Waals surface area contributed by atoms with Crippen LogP contribution in [0, 0.1) is 5.82 Å². The molecule has 0 aliphatic heterocycles. The number of carbonyl (C=O) groups is 1. The fraction of sp³-hybridized carbons (Fsp3) is 0.235. The number of Topliss-reactive ketones (excluding diaryl/α,β-unsaturated/α-hetero) is 1. The molecule has 0 unspecified atom stereocenters. The Morgan fingerprint density at radius 2 is 1.81 bits per heavy atom. The Morgan fingerprint density at radius 3 is 2.48 bits per heavy atom. The van der Waals surface area contributed by atoms with Crippen molar-refractivity contribution in [3.63, 3.8) is 0 Å². The lowest BCUT2D eigenvalue weighted by atomic mass is 10.1. The summed E-state index contributed by atoms with van der Waals surface area (Å²) < 4.78 is 13.9. The molecule has 2 aromatic rings. The summed E-state index contributed by atoms with van der Waals surface area (Å²) in [4.78, 5) is 14.1. The van der Waals surface area contributed by atoms with E-state index in [1.807, 2.05) is 25.2 Å². The molecule has 0 saturated carbocycles. The normalized spacial score (nSPS) is 10.9. The molecule has 0 atom stereocenters. The second-order valence-corrected chi connectivity index (χ2v) is 5.86. The molecule has 0 radical (unpaired) electrons. The molecule has 2 rings (SSSR count). The van der Waals surface area contributed by atoms with Crippen LogP contribution in [0.1, 0.15) is 22.3 Å². The van der Waals surface area contributed by atoms with Gasteiger partial charge in [-0.05, 0) is 42.9 Å². The Bertz CT molecular complexity index is 612. The molecule has 4 heteroatoms. The largest absolute Gasteiger partial charge is 0.302 e. The summed E-state index contributed by atoms with van der Waals surface area (Å²) in [5, 5.41) is 0. The van der Waals surface area contributed by atoms with Gasteiger partial charge in [0.1, 0.15) is 5.82 Å².